The molecule has 1 aromatic rings. The van der Waals surface area contributed by atoms with Gasteiger partial charge in [0.25, 0.3) is 5.91 Å². The zero-order chi connectivity index (χ0) is 15.3. The van der Waals surface area contributed by atoms with Gasteiger partial charge in [-0.3, -0.25) is 9.59 Å². The third kappa shape index (κ3) is 4.89. The van der Waals surface area contributed by atoms with Crippen LogP contribution in [0.4, 0.5) is 5.69 Å². The second-order valence-electron chi connectivity index (χ2n) is 5.62. The summed E-state index contributed by atoms with van der Waals surface area (Å²) in [6.07, 6.45) is 0. The van der Waals surface area contributed by atoms with Crippen molar-refractivity contribution in [3.05, 3.63) is 24.3 Å². The SMILES string of the molecule is CC(C)(C)[C@H](N)C(=O)Nc1cccc(OCC(N)=O)c1. The van der Waals surface area contributed by atoms with Gasteiger partial charge < -0.3 is 21.5 Å². The van der Waals surface area contributed by atoms with Crippen molar-refractivity contribution in [1.29, 1.82) is 0 Å². The molecule has 1 aromatic carbocycles. The zero-order valence-electron chi connectivity index (χ0n) is 12.0. The van der Waals surface area contributed by atoms with Crippen LogP contribution in [0, 0.1) is 5.41 Å². The van der Waals surface area contributed by atoms with Gasteiger partial charge in [0.15, 0.2) is 6.61 Å². The van der Waals surface area contributed by atoms with Gasteiger partial charge in [-0.25, -0.2) is 0 Å². The van der Waals surface area contributed by atoms with E-state index in [0.717, 1.165) is 0 Å². The van der Waals surface area contributed by atoms with E-state index in [1.54, 1.807) is 24.3 Å². The van der Waals surface area contributed by atoms with Gasteiger partial charge in [0.2, 0.25) is 5.91 Å². The van der Waals surface area contributed by atoms with Crippen LogP contribution in [0.25, 0.3) is 0 Å². The Bertz CT molecular complexity index is 495. The van der Waals surface area contributed by atoms with Crippen LogP contribution in [-0.4, -0.2) is 24.5 Å². The molecule has 2 amide bonds. The largest absolute Gasteiger partial charge is 0.484 e. The van der Waals surface area contributed by atoms with E-state index in [9.17, 15) is 9.59 Å². The monoisotopic (exact) mass is 279 g/mol. The summed E-state index contributed by atoms with van der Waals surface area (Å²) < 4.78 is 5.16. The van der Waals surface area contributed by atoms with Crippen molar-refractivity contribution in [3.63, 3.8) is 0 Å². The molecule has 0 heterocycles. The standard InChI is InChI=1S/C14H21N3O3/c1-14(2,3)12(16)13(19)17-9-5-4-6-10(7-9)20-8-11(15)18/h4-7,12H,8,16H2,1-3H3,(H2,15,18)(H,17,19)/t12-/m1/s1. The Morgan fingerprint density at radius 3 is 2.55 bits per heavy atom. The van der Waals surface area contributed by atoms with Crippen LogP contribution in [0.15, 0.2) is 24.3 Å². The fourth-order valence-electron chi connectivity index (χ4n) is 1.43. The van der Waals surface area contributed by atoms with E-state index >= 15 is 0 Å². The second kappa shape index (κ2) is 6.38. The Morgan fingerprint density at radius 2 is 2.00 bits per heavy atom. The summed E-state index contributed by atoms with van der Waals surface area (Å²) in [4.78, 5) is 22.6. The molecule has 0 saturated heterocycles. The van der Waals surface area contributed by atoms with Crippen molar-refractivity contribution in [2.75, 3.05) is 11.9 Å². The molecule has 5 N–H and O–H groups in total. The number of benzene rings is 1. The van der Waals surface area contributed by atoms with Gasteiger partial charge >= 0.3 is 0 Å². The summed E-state index contributed by atoms with van der Waals surface area (Å²) in [5.41, 5.74) is 11.1. The highest BCUT2D eigenvalue weighted by Crippen LogP contribution is 2.21. The predicted octanol–water partition coefficient (Wildman–Crippen LogP) is 0.863. The van der Waals surface area contributed by atoms with E-state index in [4.69, 9.17) is 16.2 Å². The lowest BCUT2D eigenvalue weighted by molar-refractivity contribution is -0.120. The Labute approximate surface area is 118 Å². The van der Waals surface area contributed by atoms with Crippen LogP contribution in [0.1, 0.15) is 20.8 Å². The minimum atomic E-state index is -0.627. The number of primary amides is 1. The maximum atomic E-state index is 12.0. The number of amides is 2. The molecule has 6 heteroatoms. The van der Waals surface area contributed by atoms with Crippen LogP contribution in [0.5, 0.6) is 5.75 Å². The number of carbonyl (C=O) groups excluding carboxylic acids is 2. The number of hydrogen-bond donors (Lipinski definition) is 3. The zero-order valence-corrected chi connectivity index (χ0v) is 12.0. The molecular weight excluding hydrogens is 258 g/mol. The topological polar surface area (TPSA) is 107 Å². The Morgan fingerprint density at radius 1 is 1.35 bits per heavy atom. The summed E-state index contributed by atoms with van der Waals surface area (Å²) >= 11 is 0. The number of nitrogens with two attached hydrogens (primary N) is 2. The Balaban J connectivity index is 2.71. The smallest absolute Gasteiger partial charge is 0.255 e. The molecule has 6 nitrogen and oxygen atoms in total. The average Bonchev–Trinajstić information content (AvgIpc) is 2.34. The Kier molecular flexibility index (Phi) is 5.10. The number of carbonyl (C=O) groups is 2. The van der Waals surface area contributed by atoms with Gasteiger partial charge in [-0.1, -0.05) is 26.8 Å². The first kappa shape index (κ1) is 16.0. The van der Waals surface area contributed by atoms with E-state index in [0.29, 0.717) is 11.4 Å². The quantitative estimate of drug-likeness (QED) is 0.743. The maximum Gasteiger partial charge on any atom is 0.255 e. The highest BCUT2D eigenvalue weighted by molar-refractivity contribution is 5.95. The van der Waals surface area contributed by atoms with Gasteiger partial charge in [-0.15, -0.1) is 0 Å². The van der Waals surface area contributed by atoms with Crippen molar-refractivity contribution in [2.24, 2.45) is 16.9 Å². The molecule has 1 atom stereocenters. The van der Waals surface area contributed by atoms with Crippen LogP contribution in [0.3, 0.4) is 0 Å². The summed E-state index contributed by atoms with van der Waals surface area (Å²) in [7, 11) is 0. The molecule has 0 fully saturated rings. The van der Waals surface area contributed by atoms with Crippen molar-refractivity contribution < 1.29 is 14.3 Å². The van der Waals surface area contributed by atoms with Crippen molar-refractivity contribution in [3.8, 4) is 5.75 Å². The minimum absolute atomic E-state index is 0.209. The minimum Gasteiger partial charge on any atom is -0.484 e. The summed E-state index contributed by atoms with van der Waals surface area (Å²) in [6.45, 7) is 5.47. The molecule has 0 bridgehead atoms. The first-order valence-corrected chi connectivity index (χ1v) is 6.28. The third-order valence-electron chi connectivity index (χ3n) is 2.70. The number of ether oxygens (including phenoxy) is 1. The molecule has 110 valence electrons. The molecule has 0 radical (unpaired) electrons. The fourth-order valence-corrected chi connectivity index (χ4v) is 1.43. The van der Waals surface area contributed by atoms with Crippen LogP contribution >= 0.6 is 0 Å². The maximum absolute atomic E-state index is 12.0. The number of anilines is 1. The van der Waals surface area contributed by atoms with Gasteiger partial charge in [0, 0.05) is 11.8 Å². The van der Waals surface area contributed by atoms with Crippen LogP contribution < -0.4 is 21.5 Å². The first-order valence-electron chi connectivity index (χ1n) is 6.28. The summed E-state index contributed by atoms with van der Waals surface area (Å²) in [6, 6.07) is 6.06. The number of hydrogen-bond acceptors (Lipinski definition) is 4. The fraction of sp³-hybridized carbons (Fsp3) is 0.429. The normalized spacial score (nSPS) is 12.6. The van der Waals surface area contributed by atoms with Crippen molar-refractivity contribution >= 4 is 17.5 Å². The molecule has 20 heavy (non-hydrogen) atoms. The molecular formula is C14H21N3O3. The third-order valence-corrected chi connectivity index (χ3v) is 2.70. The van der Waals surface area contributed by atoms with Gasteiger partial charge in [-0.05, 0) is 17.5 Å². The van der Waals surface area contributed by atoms with E-state index in [-0.39, 0.29) is 17.9 Å². The lowest BCUT2D eigenvalue weighted by atomic mass is 9.87. The average molecular weight is 279 g/mol. The van der Waals surface area contributed by atoms with Crippen molar-refractivity contribution in [1.82, 2.24) is 0 Å². The predicted molar refractivity (Wildman–Crippen MR) is 77.2 cm³/mol. The number of rotatable bonds is 5. The second-order valence-corrected chi connectivity index (χ2v) is 5.62. The van der Waals surface area contributed by atoms with Gasteiger partial charge in [0.05, 0.1) is 6.04 Å². The highest BCUT2D eigenvalue weighted by Gasteiger charge is 2.27. The van der Waals surface area contributed by atoms with E-state index in [1.165, 1.54) is 0 Å². The lowest BCUT2D eigenvalue weighted by Crippen LogP contribution is -2.45. The summed E-state index contributed by atoms with van der Waals surface area (Å²) in [5, 5.41) is 2.72. The molecule has 0 spiro atoms. The van der Waals surface area contributed by atoms with Crippen LogP contribution in [-0.2, 0) is 9.59 Å². The molecule has 0 saturated carbocycles. The van der Waals surface area contributed by atoms with Gasteiger partial charge in [0.1, 0.15) is 5.75 Å². The van der Waals surface area contributed by atoms with E-state index in [2.05, 4.69) is 5.32 Å². The Hall–Kier alpha value is -2.08. The molecule has 0 aliphatic carbocycles. The van der Waals surface area contributed by atoms with E-state index in [1.807, 2.05) is 20.8 Å². The lowest BCUT2D eigenvalue weighted by Gasteiger charge is -2.25. The van der Waals surface area contributed by atoms with Crippen molar-refractivity contribution in [2.45, 2.75) is 26.8 Å². The van der Waals surface area contributed by atoms with Gasteiger partial charge in [-0.2, -0.15) is 0 Å². The number of nitrogens with one attached hydrogen (secondary N) is 1. The molecule has 0 aromatic heterocycles. The highest BCUT2D eigenvalue weighted by atomic mass is 16.5. The molecule has 0 unspecified atom stereocenters. The molecule has 1 rings (SSSR count). The van der Waals surface area contributed by atoms with Crippen LogP contribution in [0.2, 0.25) is 0 Å². The summed E-state index contributed by atoms with van der Waals surface area (Å²) in [5.74, 6) is -0.385. The molecule has 0 aliphatic heterocycles. The van der Waals surface area contributed by atoms with E-state index < -0.39 is 11.9 Å². The molecule has 0 aliphatic rings. The first-order chi connectivity index (χ1) is 9.20.